The maximum absolute atomic E-state index is 14.3. The van der Waals surface area contributed by atoms with Crippen molar-refractivity contribution in [2.45, 2.75) is 30.7 Å². The van der Waals surface area contributed by atoms with Crippen LogP contribution in [0.25, 0.3) is 16.6 Å². The molecule has 2 atom stereocenters. The van der Waals surface area contributed by atoms with E-state index in [4.69, 9.17) is 14.2 Å². The maximum atomic E-state index is 14.3. The first-order valence-electron chi connectivity index (χ1n) is 12.0. The fourth-order valence-electron chi connectivity index (χ4n) is 5.10. The molecule has 0 spiro atoms. The number of esters is 1. The molecule has 1 saturated heterocycles. The summed E-state index contributed by atoms with van der Waals surface area (Å²) in [6.45, 7) is 0.910. The van der Waals surface area contributed by atoms with Crippen molar-refractivity contribution in [3.8, 4) is 11.4 Å². The Morgan fingerprint density at radius 3 is 2.56 bits per heavy atom. The molecular weight excluding hydrogens is 518 g/mol. The summed E-state index contributed by atoms with van der Waals surface area (Å²) in [5, 5.41) is 7.86. The van der Waals surface area contributed by atoms with E-state index in [9.17, 15) is 22.4 Å². The summed E-state index contributed by atoms with van der Waals surface area (Å²) < 4.78 is 74.1. The number of aromatic nitrogens is 2. The molecule has 0 amide bonds. The van der Waals surface area contributed by atoms with E-state index in [1.807, 2.05) is 0 Å². The lowest BCUT2D eigenvalue weighted by molar-refractivity contribution is -0.380. The Balaban J connectivity index is 1.42. The number of nitrogens with one attached hydrogen (secondary N) is 1. The molecule has 0 saturated carbocycles. The average molecular weight is 544 g/mol. The lowest BCUT2D eigenvalue weighted by Gasteiger charge is -2.55. The third-order valence-corrected chi connectivity index (χ3v) is 6.98. The van der Waals surface area contributed by atoms with E-state index in [0.29, 0.717) is 27.8 Å². The van der Waals surface area contributed by atoms with Crippen LogP contribution in [0.4, 0.5) is 23.2 Å². The van der Waals surface area contributed by atoms with Crippen LogP contribution in [0, 0.1) is 5.82 Å². The van der Waals surface area contributed by atoms with Crippen LogP contribution in [0.5, 0.6) is 5.75 Å². The molecule has 39 heavy (non-hydrogen) atoms. The first-order valence-corrected chi connectivity index (χ1v) is 12.0. The highest BCUT2D eigenvalue weighted by molar-refractivity contribution is 5.93. The highest BCUT2D eigenvalue weighted by Crippen LogP contribution is 2.57. The summed E-state index contributed by atoms with van der Waals surface area (Å²) in [7, 11) is 2.65. The maximum Gasteiger partial charge on any atom is 0.419 e. The number of ether oxygens (including phenoxy) is 3. The van der Waals surface area contributed by atoms with Gasteiger partial charge in [0.05, 0.1) is 49.3 Å². The minimum atomic E-state index is -4.70. The van der Waals surface area contributed by atoms with Gasteiger partial charge >= 0.3 is 12.1 Å². The van der Waals surface area contributed by atoms with Crippen LogP contribution in [-0.4, -0.2) is 48.3 Å². The second-order valence-corrected chi connectivity index (χ2v) is 9.54. The van der Waals surface area contributed by atoms with Gasteiger partial charge in [-0.15, -0.1) is 0 Å². The number of anilines is 1. The fraction of sp³-hybridized carbons (Fsp3) is 0.286. The van der Waals surface area contributed by atoms with Gasteiger partial charge in [0.25, 0.3) is 0 Å². The van der Waals surface area contributed by atoms with Crippen molar-refractivity contribution in [2.75, 3.05) is 26.1 Å². The van der Waals surface area contributed by atoms with Gasteiger partial charge in [0.15, 0.2) is 5.60 Å². The Bertz CT molecular complexity index is 1540. The van der Waals surface area contributed by atoms with Gasteiger partial charge in [-0.05, 0) is 55.5 Å². The molecule has 4 aromatic rings. The number of fused-ring (bicyclic) bond motifs is 1. The number of hydrogen-bond acceptors (Lipinski definition) is 6. The van der Waals surface area contributed by atoms with Crippen LogP contribution >= 0.6 is 0 Å². The molecule has 2 heterocycles. The number of alkyl halides is 3. The zero-order valence-corrected chi connectivity index (χ0v) is 21.3. The van der Waals surface area contributed by atoms with Crippen molar-refractivity contribution < 1.29 is 36.6 Å². The second kappa shape index (κ2) is 9.57. The predicted octanol–water partition coefficient (Wildman–Crippen LogP) is 6.01. The standard InChI is InChI=1S/C28H25F4N3O4/c1-26(21-13-18(29)10-11-24(21)37-2)15-27(39-26,28(30,31)32)16-33-22-8-5-9-23-20(22)14-34-35(23)19-7-4-6-17(12-19)25(36)38-3/h4-14,33H,15-16H2,1-3H3. The Hall–Kier alpha value is -4.12. The molecule has 204 valence electrons. The number of rotatable bonds is 7. The zero-order chi connectivity index (χ0) is 28.0. The summed E-state index contributed by atoms with van der Waals surface area (Å²) in [4.78, 5) is 11.9. The Kier molecular flexibility index (Phi) is 6.50. The van der Waals surface area contributed by atoms with Crippen molar-refractivity contribution in [3.63, 3.8) is 0 Å². The van der Waals surface area contributed by atoms with Crippen LogP contribution in [0.2, 0.25) is 0 Å². The lowest BCUT2D eigenvalue weighted by Crippen LogP contribution is -2.67. The third kappa shape index (κ3) is 4.56. The lowest BCUT2D eigenvalue weighted by atomic mass is 9.75. The first kappa shape index (κ1) is 26.5. The minimum absolute atomic E-state index is 0.211. The second-order valence-electron chi connectivity index (χ2n) is 9.54. The zero-order valence-electron chi connectivity index (χ0n) is 21.3. The van der Waals surface area contributed by atoms with E-state index in [0.717, 1.165) is 6.07 Å². The SMILES string of the molecule is COC(=O)c1cccc(-n2ncc3c(NCC4(C(F)(F)F)CC(C)(c5cc(F)ccc5OC)O4)cccc32)c1. The highest BCUT2D eigenvalue weighted by Gasteiger charge is 2.68. The molecule has 1 aliphatic heterocycles. The van der Waals surface area contributed by atoms with E-state index in [2.05, 4.69) is 10.4 Å². The smallest absolute Gasteiger partial charge is 0.419 e. The van der Waals surface area contributed by atoms with E-state index in [1.165, 1.54) is 39.5 Å². The number of hydrogen-bond donors (Lipinski definition) is 1. The van der Waals surface area contributed by atoms with Gasteiger partial charge in [0, 0.05) is 23.1 Å². The van der Waals surface area contributed by atoms with Gasteiger partial charge in [-0.3, -0.25) is 0 Å². The molecule has 3 aromatic carbocycles. The molecule has 0 bridgehead atoms. The summed E-state index contributed by atoms with van der Waals surface area (Å²) in [5.74, 6) is -0.855. The minimum Gasteiger partial charge on any atom is -0.496 e. The summed E-state index contributed by atoms with van der Waals surface area (Å²) >= 11 is 0. The Labute approximate surface area is 221 Å². The molecule has 1 N–H and O–H groups in total. The normalized spacial score (nSPS) is 20.9. The van der Waals surface area contributed by atoms with Crippen LogP contribution in [0.3, 0.4) is 0 Å². The number of methoxy groups -OCH3 is 2. The Morgan fingerprint density at radius 1 is 1.13 bits per heavy atom. The number of carbonyl (C=O) groups is 1. The molecular formula is C28H25F4N3O4. The molecule has 1 aliphatic rings. The van der Waals surface area contributed by atoms with Gasteiger partial charge in [-0.1, -0.05) is 12.1 Å². The molecule has 11 heteroatoms. The van der Waals surface area contributed by atoms with Gasteiger partial charge in [0.1, 0.15) is 11.6 Å². The highest BCUT2D eigenvalue weighted by atomic mass is 19.4. The molecule has 5 rings (SSSR count). The van der Waals surface area contributed by atoms with Gasteiger partial charge in [0.2, 0.25) is 0 Å². The number of carbonyl (C=O) groups excluding carboxylic acids is 1. The number of benzene rings is 3. The van der Waals surface area contributed by atoms with Crippen LogP contribution < -0.4 is 10.1 Å². The van der Waals surface area contributed by atoms with Crippen molar-refractivity contribution in [3.05, 3.63) is 83.8 Å². The predicted molar refractivity (Wildman–Crippen MR) is 136 cm³/mol. The van der Waals surface area contributed by atoms with Gasteiger partial charge < -0.3 is 19.5 Å². The molecule has 1 aromatic heterocycles. The van der Waals surface area contributed by atoms with Crippen molar-refractivity contribution in [1.29, 1.82) is 0 Å². The van der Waals surface area contributed by atoms with Crippen LogP contribution in [0.1, 0.15) is 29.3 Å². The van der Waals surface area contributed by atoms with Crippen molar-refractivity contribution in [1.82, 2.24) is 9.78 Å². The summed E-state index contributed by atoms with van der Waals surface area (Å²) in [6.07, 6.45) is -3.61. The first-order chi connectivity index (χ1) is 18.5. The van der Waals surface area contributed by atoms with E-state index in [-0.39, 0.29) is 11.3 Å². The summed E-state index contributed by atoms with van der Waals surface area (Å²) in [5.41, 5.74) is -1.74. The quantitative estimate of drug-likeness (QED) is 0.227. The summed E-state index contributed by atoms with van der Waals surface area (Å²) in [6, 6.07) is 15.4. The van der Waals surface area contributed by atoms with E-state index in [1.54, 1.807) is 47.1 Å². The molecule has 1 fully saturated rings. The molecule has 7 nitrogen and oxygen atoms in total. The molecule has 2 unspecified atom stereocenters. The van der Waals surface area contributed by atoms with Gasteiger partial charge in [-0.25, -0.2) is 13.9 Å². The molecule has 0 aliphatic carbocycles. The topological polar surface area (TPSA) is 74.6 Å². The largest absolute Gasteiger partial charge is 0.496 e. The number of halogens is 4. The van der Waals surface area contributed by atoms with Crippen LogP contribution in [0.15, 0.2) is 66.9 Å². The monoisotopic (exact) mass is 543 g/mol. The van der Waals surface area contributed by atoms with Crippen LogP contribution in [-0.2, 0) is 15.1 Å². The van der Waals surface area contributed by atoms with Gasteiger partial charge in [-0.2, -0.15) is 18.3 Å². The van der Waals surface area contributed by atoms with E-state index >= 15 is 0 Å². The Morgan fingerprint density at radius 2 is 1.87 bits per heavy atom. The van der Waals surface area contributed by atoms with Crippen molar-refractivity contribution in [2.24, 2.45) is 0 Å². The van der Waals surface area contributed by atoms with Crippen molar-refractivity contribution >= 4 is 22.6 Å². The third-order valence-electron chi connectivity index (χ3n) is 6.98. The fourth-order valence-corrected chi connectivity index (χ4v) is 5.10. The average Bonchev–Trinajstić information content (AvgIpc) is 3.34. The van der Waals surface area contributed by atoms with E-state index < -0.39 is 42.1 Å². The number of nitrogens with zero attached hydrogens (tertiary/aromatic N) is 2. The molecule has 0 radical (unpaired) electrons.